The van der Waals surface area contributed by atoms with Gasteiger partial charge in [0.2, 0.25) is 5.95 Å². The second-order valence-electron chi connectivity index (χ2n) is 4.47. The maximum Gasteiger partial charge on any atom is 0.277 e. The molecule has 0 saturated carbocycles. The Morgan fingerprint density at radius 3 is 2.76 bits per heavy atom. The molecule has 8 nitrogen and oxygen atoms in total. The van der Waals surface area contributed by atoms with Gasteiger partial charge in [-0.3, -0.25) is 9.89 Å². The zero-order valence-electron chi connectivity index (χ0n) is 10.9. The molecular weight excluding hydrogens is 274 g/mol. The van der Waals surface area contributed by atoms with Crippen molar-refractivity contribution in [1.82, 2.24) is 19.6 Å². The van der Waals surface area contributed by atoms with E-state index in [1.165, 1.54) is 6.20 Å². The average molecular weight is 287 g/mol. The fraction of sp³-hybridized carbons (Fsp3) is 0.154. The van der Waals surface area contributed by atoms with Gasteiger partial charge in [-0.25, -0.2) is 4.98 Å². The zero-order chi connectivity index (χ0) is 14.8. The van der Waals surface area contributed by atoms with Gasteiger partial charge in [-0.05, 0) is 12.1 Å². The van der Waals surface area contributed by atoms with E-state index < -0.39 is 11.8 Å². The van der Waals surface area contributed by atoms with Gasteiger partial charge in [-0.1, -0.05) is 18.2 Å². The van der Waals surface area contributed by atoms with Crippen LogP contribution < -0.4 is 10.9 Å². The van der Waals surface area contributed by atoms with Crippen LogP contribution in [0.25, 0.3) is 5.78 Å². The first-order chi connectivity index (χ1) is 10.1. The molecule has 0 bridgehead atoms. The Labute approximate surface area is 118 Å². The topological polar surface area (TPSA) is 116 Å². The largest absolute Gasteiger partial charge is 0.368 e. The fourth-order valence-electron chi connectivity index (χ4n) is 1.94. The monoisotopic (exact) mass is 287 g/mol. The normalized spacial score (nSPS) is 11.2. The number of aliphatic hydroxyl groups excluding tert-OH is 1. The number of hydrogen-bond acceptors (Lipinski definition) is 6. The van der Waals surface area contributed by atoms with Crippen LogP contribution in [-0.2, 0) is 6.42 Å². The summed E-state index contributed by atoms with van der Waals surface area (Å²) in [6, 6.07) is 9.35. The molecule has 21 heavy (non-hydrogen) atoms. The molecule has 0 unspecified atom stereocenters. The number of aromatic nitrogens is 4. The maximum absolute atomic E-state index is 12.1. The molecule has 0 aliphatic rings. The van der Waals surface area contributed by atoms with Crippen LogP contribution in [0.15, 0.2) is 41.3 Å². The number of fused-ring (bicyclic) bond motifs is 1. The van der Waals surface area contributed by atoms with E-state index in [4.69, 9.17) is 10.2 Å². The van der Waals surface area contributed by atoms with Gasteiger partial charge in [0.15, 0.2) is 6.29 Å². The van der Waals surface area contributed by atoms with E-state index in [2.05, 4.69) is 20.4 Å². The van der Waals surface area contributed by atoms with E-state index in [1.54, 1.807) is 0 Å². The van der Waals surface area contributed by atoms with Crippen molar-refractivity contribution in [3.05, 3.63) is 52.4 Å². The van der Waals surface area contributed by atoms with Crippen LogP contribution in [0, 0.1) is 0 Å². The zero-order valence-corrected chi connectivity index (χ0v) is 10.9. The van der Waals surface area contributed by atoms with Gasteiger partial charge in [-0.2, -0.15) is 9.50 Å². The summed E-state index contributed by atoms with van der Waals surface area (Å²) in [6.45, 7) is 0. The van der Waals surface area contributed by atoms with Gasteiger partial charge in [0, 0.05) is 23.9 Å². The molecule has 2 aromatic heterocycles. The van der Waals surface area contributed by atoms with Crippen molar-refractivity contribution >= 4 is 17.4 Å². The molecule has 108 valence electrons. The summed E-state index contributed by atoms with van der Waals surface area (Å²) in [5.74, 6) is 0.571. The van der Waals surface area contributed by atoms with Gasteiger partial charge in [-0.15, -0.1) is 0 Å². The predicted octanol–water partition coefficient (Wildman–Crippen LogP) is 0.0144. The van der Waals surface area contributed by atoms with Gasteiger partial charge >= 0.3 is 0 Å². The number of H-pyrrole nitrogens is 1. The Bertz CT molecular complexity index is 810. The number of anilines is 2. The summed E-state index contributed by atoms with van der Waals surface area (Å²) < 4.78 is 1.16. The van der Waals surface area contributed by atoms with E-state index in [-0.39, 0.29) is 17.8 Å². The molecule has 1 aromatic carbocycles. The molecule has 0 amide bonds. The SMILES string of the molecule is O=c1c(CC(O)O)cnc2nc(Nc3ccccc3)[nH]n12. The highest BCUT2D eigenvalue weighted by molar-refractivity contribution is 5.54. The van der Waals surface area contributed by atoms with E-state index in [0.29, 0.717) is 5.95 Å². The van der Waals surface area contributed by atoms with E-state index in [9.17, 15) is 4.79 Å². The molecule has 3 aromatic rings. The molecule has 0 saturated heterocycles. The first kappa shape index (κ1) is 13.3. The van der Waals surface area contributed by atoms with Gasteiger partial charge in [0.25, 0.3) is 11.3 Å². The number of nitrogens with zero attached hydrogens (tertiary/aromatic N) is 3. The second kappa shape index (κ2) is 5.35. The van der Waals surface area contributed by atoms with Gasteiger partial charge in [0.05, 0.1) is 0 Å². The van der Waals surface area contributed by atoms with E-state index >= 15 is 0 Å². The third-order valence-corrected chi connectivity index (χ3v) is 2.88. The minimum atomic E-state index is -1.60. The smallest absolute Gasteiger partial charge is 0.277 e. The van der Waals surface area contributed by atoms with Gasteiger partial charge < -0.3 is 15.5 Å². The number of para-hydroxylation sites is 1. The molecule has 4 N–H and O–H groups in total. The lowest BCUT2D eigenvalue weighted by molar-refractivity contribution is -0.0384. The van der Waals surface area contributed by atoms with Crippen LogP contribution in [0.5, 0.6) is 0 Å². The Morgan fingerprint density at radius 1 is 1.29 bits per heavy atom. The Balaban J connectivity index is 1.97. The summed E-state index contributed by atoms with van der Waals surface area (Å²) in [5, 5.41) is 23.7. The summed E-state index contributed by atoms with van der Waals surface area (Å²) in [5.41, 5.74) is 0.592. The van der Waals surface area contributed by atoms with Crippen molar-refractivity contribution in [3.8, 4) is 0 Å². The molecule has 0 radical (unpaired) electrons. The number of aliphatic hydroxyl groups is 2. The maximum atomic E-state index is 12.1. The Morgan fingerprint density at radius 2 is 2.05 bits per heavy atom. The third-order valence-electron chi connectivity index (χ3n) is 2.88. The van der Waals surface area contributed by atoms with Gasteiger partial charge in [0.1, 0.15) is 0 Å². The summed E-state index contributed by atoms with van der Waals surface area (Å²) in [7, 11) is 0. The highest BCUT2D eigenvalue weighted by Crippen LogP contribution is 2.12. The molecule has 0 fully saturated rings. The Kier molecular flexibility index (Phi) is 3.38. The lowest BCUT2D eigenvalue weighted by Crippen LogP contribution is -2.23. The quantitative estimate of drug-likeness (QED) is 0.503. The van der Waals surface area contributed by atoms with E-state index in [0.717, 1.165) is 10.2 Å². The molecule has 0 aliphatic carbocycles. The molecule has 3 rings (SSSR count). The molecule has 0 spiro atoms. The predicted molar refractivity (Wildman–Crippen MR) is 75.3 cm³/mol. The number of nitrogens with one attached hydrogen (secondary N) is 2. The van der Waals surface area contributed by atoms with Crippen LogP contribution in [0.3, 0.4) is 0 Å². The summed E-state index contributed by atoms with van der Waals surface area (Å²) >= 11 is 0. The van der Waals surface area contributed by atoms with Crippen molar-refractivity contribution in [2.24, 2.45) is 0 Å². The number of rotatable bonds is 4. The minimum Gasteiger partial charge on any atom is -0.368 e. The number of aromatic amines is 1. The highest BCUT2D eigenvalue weighted by atomic mass is 16.5. The first-order valence-corrected chi connectivity index (χ1v) is 6.28. The second-order valence-corrected chi connectivity index (χ2v) is 4.47. The van der Waals surface area contributed by atoms with Crippen molar-refractivity contribution < 1.29 is 10.2 Å². The fourth-order valence-corrected chi connectivity index (χ4v) is 1.94. The van der Waals surface area contributed by atoms with Crippen LogP contribution in [0.1, 0.15) is 5.56 Å². The van der Waals surface area contributed by atoms with E-state index in [1.807, 2.05) is 30.3 Å². The molecule has 2 heterocycles. The number of benzene rings is 1. The lowest BCUT2D eigenvalue weighted by Gasteiger charge is -2.02. The van der Waals surface area contributed by atoms with Crippen molar-refractivity contribution in [1.29, 1.82) is 0 Å². The lowest BCUT2D eigenvalue weighted by atomic mass is 10.2. The summed E-state index contributed by atoms with van der Waals surface area (Å²) in [6.07, 6.45) is -0.484. The molecule has 0 atom stereocenters. The molecule has 8 heteroatoms. The van der Waals surface area contributed by atoms with Crippen LogP contribution >= 0.6 is 0 Å². The van der Waals surface area contributed by atoms with Crippen LogP contribution in [-0.4, -0.2) is 36.1 Å². The van der Waals surface area contributed by atoms with Crippen molar-refractivity contribution in [2.75, 3.05) is 5.32 Å². The Hall–Kier alpha value is -2.71. The number of hydrogen-bond donors (Lipinski definition) is 4. The standard InChI is InChI=1S/C13H13N5O3/c19-10(20)6-8-7-14-13-16-12(17-18(13)11(8)21)15-9-4-2-1-3-5-9/h1-5,7,10,19-20H,6H2,(H2,14,15,16,17). The summed E-state index contributed by atoms with van der Waals surface area (Å²) in [4.78, 5) is 20.3. The van der Waals surface area contributed by atoms with Crippen molar-refractivity contribution in [2.45, 2.75) is 12.7 Å². The average Bonchev–Trinajstić information content (AvgIpc) is 2.86. The third kappa shape index (κ3) is 2.76. The minimum absolute atomic E-state index is 0.185. The van der Waals surface area contributed by atoms with Crippen molar-refractivity contribution in [3.63, 3.8) is 0 Å². The molecular formula is C13H13N5O3. The molecule has 0 aliphatic heterocycles. The van der Waals surface area contributed by atoms with Crippen LogP contribution in [0.2, 0.25) is 0 Å². The first-order valence-electron chi connectivity index (χ1n) is 6.28. The highest BCUT2D eigenvalue weighted by Gasteiger charge is 2.11. The van der Waals surface area contributed by atoms with Crippen LogP contribution in [0.4, 0.5) is 11.6 Å².